The van der Waals surface area contributed by atoms with E-state index in [2.05, 4.69) is 5.32 Å². The second kappa shape index (κ2) is 9.65. The first-order valence-electron chi connectivity index (χ1n) is 9.83. The SMILES string of the molecule is O=C(O[C@@H](C(=O)Nc1ccc([N+](=O)[O-])cc1Cl)c1ccccc1)c1cc2c(cc1[N+](=O)[O-])OCO2. The molecule has 13 heteroatoms. The molecular weight excluding hydrogens is 486 g/mol. The van der Waals surface area contributed by atoms with Gasteiger partial charge < -0.3 is 19.5 Å². The van der Waals surface area contributed by atoms with E-state index in [1.54, 1.807) is 18.2 Å². The number of halogens is 1. The van der Waals surface area contributed by atoms with Crippen LogP contribution in [0.4, 0.5) is 17.1 Å². The van der Waals surface area contributed by atoms with Crippen molar-refractivity contribution in [3.8, 4) is 11.5 Å². The highest BCUT2D eigenvalue weighted by Gasteiger charge is 2.32. The first kappa shape index (κ1) is 23.4. The quantitative estimate of drug-likeness (QED) is 0.282. The molecule has 0 saturated heterocycles. The van der Waals surface area contributed by atoms with Crippen LogP contribution in [-0.4, -0.2) is 28.5 Å². The zero-order chi connectivity index (χ0) is 25.1. The van der Waals surface area contributed by atoms with Gasteiger partial charge in [-0.15, -0.1) is 0 Å². The zero-order valence-corrected chi connectivity index (χ0v) is 18.3. The van der Waals surface area contributed by atoms with Crippen LogP contribution in [0.1, 0.15) is 22.0 Å². The third-order valence-corrected chi connectivity index (χ3v) is 5.21. The summed E-state index contributed by atoms with van der Waals surface area (Å²) >= 11 is 6.05. The lowest BCUT2D eigenvalue weighted by molar-refractivity contribution is -0.385. The molecule has 178 valence electrons. The number of nitro groups is 2. The molecule has 1 aliphatic rings. The van der Waals surface area contributed by atoms with Gasteiger partial charge in [-0.1, -0.05) is 41.9 Å². The fourth-order valence-electron chi connectivity index (χ4n) is 3.23. The van der Waals surface area contributed by atoms with Crippen LogP contribution in [0.15, 0.2) is 60.7 Å². The highest BCUT2D eigenvalue weighted by Crippen LogP contribution is 2.39. The fourth-order valence-corrected chi connectivity index (χ4v) is 3.46. The number of fused-ring (bicyclic) bond motifs is 1. The molecule has 1 amide bonds. The second-order valence-electron chi connectivity index (χ2n) is 7.09. The average molecular weight is 500 g/mol. The molecule has 35 heavy (non-hydrogen) atoms. The Bertz CT molecular complexity index is 1350. The molecule has 0 unspecified atom stereocenters. The van der Waals surface area contributed by atoms with E-state index >= 15 is 0 Å². The van der Waals surface area contributed by atoms with Crippen molar-refractivity contribution in [2.24, 2.45) is 0 Å². The van der Waals surface area contributed by atoms with Crippen molar-refractivity contribution in [1.29, 1.82) is 0 Å². The van der Waals surface area contributed by atoms with Gasteiger partial charge in [-0.2, -0.15) is 0 Å². The van der Waals surface area contributed by atoms with E-state index in [9.17, 15) is 29.8 Å². The molecular formula is C22H14ClN3O9. The second-order valence-corrected chi connectivity index (χ2v) is 7.49. The Morgan fingerprint density at radius 2 is 1.66 bits per heavy atom. The summed E-state index contributed by atoms with van der Waals surface area (Å²) in [5.74, 6) is -1.79. The number of nitro benzene ring substituents is 2. The molecule has 12 nitrogen and oxygen atoms in total. The lowest BCUT2D eigenvalue weighted by Crippen LogP contribution is -2.26. The summed E-state index contributed by atoms with van der Waals surface area (Å²) in [6.45, 7) is -0.171. The summed E-state index contributed by atoms with van der Waals surface area (Å²) in [7, 11) is 0. The standard InChI is InChI=1S/C22H14ClN3O9/c23-15-8-13(25(29)30)6-7-16(15)24-21(27)20(12-4-2-1-3-5-12)35-22(28)14-9-18-19(34-11-33-18)10-17(14)26(31)32/h1-10,20H,11H2,(H,24,27)/t20-/m1/s1. The van der Waals surface area contributed by atoms with Crippen molar-refractivity contribution in [2.75, 3.05) is 12.1 Å². The average Bonchev–Trinajstić information content (AvgIpc) is 3.30. The minimum atomic E-state index is -1.54. The molecule has 0 bridgehead atoms. The number of nitrogens with zero attached hydrogens (tertiary/aromatic N) is 2. The molecule has 0 spiro atoms. The van der Waals surface area contributed by atoms with Crippen LogP contribution in [0, 0.1) is 20.2 Å². The van der Waals surface area contributed by atoms with Gasteiger partial charge in [0.2, 0.25) is 12.9 Å². The largest absolute Gasteiger partial charge is 0.454 e. The number of rotatable bonds is 7. The summed E-state index contributed by atoms with van der Waals surface area (Å²) < 4.78 is 15.7. The molecule has 0 aliphatic carbocycles. The topological polar surface area (TPSA) is 160 Å². The molecule has 3 aromatic rings. The smallest absolute Gasteiger partial charge is 0.346 e. The number of amides is 1. The number of ether oxygens (including phenoxy) is 3. The molecule has 4 rings (SSSR count). The van der Waals surface area contributed by atoms with Gasteiger partial charge in [0.1, 0.15) is 5.56 Å². The Morgan fingerprint density at radius 3 is 2.29 bits per heavy atom. The summed E-state index contributed by atoms with van der Waals surface area (Å²) in [5.41, 5.74) is -1.02. The van der Waals surface area contributed by atoms with E-state index in [0.29, 0.717) is 0 Å². The number of carbonyl (C=O) groups excluding carboxylic acids is 2. The molecule has 0 aromatic heterocycles. The Kier molecular flexibility index (Phi) is 6.46. The van der Waals surface area contributed by atoms with Gasteiger partial charge in [0.15, 0.2) is 11.5 Å². The third-order valence-electron chi connectivity index (χ3n) is 4.89. The number of esters is 1. The molecule has 3 aromatic carbocycles. The number of carbonyl (C=O) groups is 2. The van der Waals surface area contributed by atoms with E-state index in [1.165, 1.54) is 18.2 Å². The van der Waals surface area contributed by atoms with Gasteiger partial charge in [0.05, 0.1) is 26.6 Å². The third kappa shape index (κ3) is 4.96. The minimum absolute atomic E-state index is 0.0355. The molecule has 1 N–H and O–H groups in total. The molecule has 0 saturated carbocycles. The van der Waals surface area contributed by atoms with Crippen molar-refractivity contribution >= 4 is 40.5 Å². The Labute approximate surface area is 201 Å². The lowest BCUT2D eigenvalue weighted by atomic mass is 10.1. The minimum Gasteiger partial charge on any atom is -0.454 e. The van der Waals surface area contributed by atoms with Gasteiger partial charge in [0.25, 0.3) is 17.3 Å². The van der Waals surface area contributed by atoms with Crippen molar-refractivity contribution in [2.45, 2.75) is 6.10 Å². The Balaban J connectivity index is 1.65. The highest BCUT2D eigenvalue weighted by atomic mass is 35.5. The fraction of sp³-hybridized carbons (Fsp3) is 0.0909. The van der Waals surface area contributed by atoms with Crippen LogP contribution in [0.25, 0.3) is 0 Å². The highest BCUT2D eigenvalue weighted by molar-refractivity contribution is 6.34. The van der Waals surface area contributed by atoms with Crippen LogP contribution in [0.2, 0.25) is 5.02 Å². The predicted octanol–water partition coefficient (Wildman–Crippen LogP) is 4.42. The normalized spacial score (nSPS) is 12.5. The number of non-ortho nitro benzene ring substituents is 1. The van der Waals surface area contributed by atoms with Crippen molar-refractivity contribution in [3.63, 3.8) is 0 Å². The molecule has 1 aliphatic heterocycles. The van der Waals surface area contributed by atoms with Crippen LogP contribution in [0.5, 0.6) is 11.5 Å². The molecule has 0 fully saturated rings. The molecule has 1 heterocycles. The van der Waals surface area contributed by atoms with Gasteiger partial charge in [0, 0.05) is 23.8 Å². The summed E-state index contributed by atoms with van der Waals surface area (Å²) in [6, 6.07) is 13.5. The van der Waals surface area contributed by atoms with Gasteiger partial charge in [-0.25, -0.2) is 4.79 Å². The Morgan fingerprint density at radius 1 is 0.971 bits per heavy atom. The summed E-state index contributed by atoms with van der Waals surface area (Å²) in [6.07, 6.45) is -1.54. The maximum atomic E-state index is 13.1. The summed E-state index contributed by atoms with van der Waals surface area (Å²) in [5, 5.41) is 24.8. The summed E-state index contributed by atoms with van der Waals surface area (Å²) in [4.78, 5) is 47.1. The number of anilines is 1. The molecule has 1 atom stereocenters. The predicted molar refractivity (Wildman–Crippen MR) is 121 cm³/mol. The van der Waals surface area contributed by atoms with Crippen LogP contribution < -0.4 is 14.8 Å². The Hall–Kier alpha value is -4.71. The van der Waals surface area contributed by atoms with Crippen molar-refractivity contribution in [3.05, 3.63) is 97.0 Å². The van der Waals surface area contributed by atoms with Crippen LogP contribution >= 0.6 is 11.6 Å². The zero-order valence-electron chi connectivity index (χ0n) is 17.5. The van der Waals surface area contributed by atoms with Gasteiger partial charge in [-0.05, 0) is 6.07 Å². The van der Waals surface area contributed by atoms with E-state index in [1.807, 2.05) is 0 Å². The van der Waals surface area contributed by atoms with Gasteiger partial charge in [-0.3, -0.25) is 25.0 Å². The number of nitrogens with one attached hydrogen (secondary N) is 1. The first-order chi connectivity index (χ1) is 16.7. The van der Waals surface area contributed by atoms with Crippen molar-refractivity contribution < 1.29 is 33.6 Å². The van der Waals surface area contributed by atoms with E-state index in [4.69, 9.17) is 25.8 Å². The van der Waals surface area contributed by atoms with Crippen molar-refractivity contribution in [1.82, 2.24) is 0 Å². The first-order valence-corrected chi connectivity index (χ1v) is 10.2. The van der Waals surface area contributed by atoms with Crippen LogP contribution in [0.3, 0.4) is 0 Å². The number of benzene rings is 3. The molecule has 0 radical (unpaired) electrons. The van der Waals surface area contributed by atoms with E-state index < -0.39 is 39.1 Å². The van der Waals surface area contributed by atoms with E-state index in [-0.39, 0.29) is 40.3 Å². The van der Waals surface area contributed by atoms with E-state index in [0.717, 1.165) is 24.3 Å². The monoisotopic (exact) mass is 499 g/mol. The number of hydrogen-bond acceptors (Lipinski definition) is 9. The van der Waals surface area contributed by atoms with Crippen LogP contribution in [-0.2, 0) is 9.53 Å². The van der Waals surface area contributed by atoms with Gasteiger partial charge >= 0.3 is 5.97 Å². The maximum absolute atomic E-state index is 13.1. The number of hydrogen-bond donors (Lipinski definition) is 1. The maximum Gasteiger partial charge on any atom is 0.346 e. The lowest BCUT2D eigenvalue weighted by Gasteiger charge is -2.18.